The van der Waals surface area contributed by atoms with E-state index in [1.54, 1.807) is 6.07 Å². The summed E-state index contributed by atoms with van der Waals surface area (Å²) in [6.45, 7) is 9.42. The van der Waals surface area contributed by atoms with E-state index >= 15 is 0 Å². The fourth-order valence-electron chi connectivity index (χ4n) is 2.28. The van der Waals surface area contributed by atoms with Gasteiger partial charge in [0.05, 0.1) is 0 Å². The fourth-order valence-corrected chi connectivity index (χ4v) is 2.28. The van der Waals surface area contributed by atoms with Crippen LogP contribution in [-0.2, 0) is 0 Å². The Hall–Kier alpha value is -1.69. The average molecular weight is 264 g/mol. The molecule has 2 heterocycles. The number of hydrogen-bond acceptors (Lipinski definition) is 5. The molecule has 1 N–H and O–H groups in total. The quantitative estimate of drug-likeness (QED) is 0.873. The number of aromatic nitrogens is 2. The van der Waals surface area contributed by atoms with Crippen LogP contribution in [0.15, 0.2) is 12.1 Å². The highest BCUT2D eigenvalue weighted by molar-refractivity contribution is 5.85. The summed E-state index contributed by atoms with van der Waals surface area (Å²) in [5.41, 5.74) is -0.0119. The van der Waals surface area contributed by atoms with Gasteiger partial charge in [-0.3, -0.25) is 4.90 Å². The first-order chi connectivity index (χ1) is 9.06. The van der Waals surface area contributed by atoms with Crippen molar-refractivity contribution in [1.29, 1.82) is 0 Å². The third-order valence-corrected chi connectivity index (χ3v) is 3.19. The number of aromatic carboxylic acids is 1. The second kappa shape index (κ2) is 5.97. The fraction of sp³-hybridized carbons (Fsp3) is 0.615. The highest BCUT2D eigenvalue weighted by Crippen LogP contribution is 2.13. The Morgan fingerprint density at radius 3 is 2.42 bits per heavy atom. The van der Waals surface area contributed by atoms with Gasteiger partial charge in [-0.05, 0) is 18.1 Å². The van der Waals surface area contributed by atoms with E-state index in [1.807, 2.05) is 0 Å². The van der Waals surface area contributed by atoms with Crippen LogP contribution >= 0.6 is 0 Å². The second-order valence-electron chi connectivity index (χ2n) is 5.26. The summed E-state index contributed by atoms with van der Waals surface area (Å²) in [5.74, 6) is 0.399. The van der Waals surface area contributed by atoms with Crippen molar-refractivity contribution in [3.8, 4) is 0 Å². The van der Waals surface area contributed by atoms with E-state index in [0.29, 0.717) is 5.92 Å². The van der Waals surface area contributed by atoms with Crippen LogP contribution in [0.5, 0.6) is 0 Å². The topological polar surface area (TPSA) is 69.6 Å². The first-order valence-corrected chi connectivity index (χ1v) is 6.60. The van der Waals surface area contributed by atoms with Crippen LogP contribution < -0.4 is 4.90 Å². The Bertz CT molecular complexity index is 425. The number of carboxylic acids is 1. The van der Waals surface area contributed by atoms with E-state index in [2.05, 4.69) is 33.8 Å². The molecule has 0 radical (unpaired) electrons. The van der Waals surface area contributed by atoms with Gasteiger partial charge in [0, 0.05) is 32.7 Å². The predicted molar refractivity (Wildman–Crippen MR) is 72.5 cm³/mol. The highest BCUT2D eigenvalue weighted by Gasteiger charge is 2.19. The van der Waals surface area contributed by atoms with E-state index in [9.17, 15) is 4.79 Å². The van der Waals surface area contributed by atoms with Crippen molar-refractivity contribution in [2.24, 2.45) is 5.92 Å². The molecule has 104 valence electrons. The minimum atomic E-state index is -1.04. The number of carboxylic acid groups (broad SMARTS) is 1. The molecular formula is C13H20N4O2. The van der Waals surface area contributed by atoms with Crippen molar-refractivity contribution in [1.82, 2.24) is 15.1 Å². The lowest BCUT2D eigenvalue weighted by Gasteiger charge is -2.35. The average Bonchev–Trinajstić information content (AvgIpc) is 2.39. The number of anilines is 1. The van der Waals surface area contributed by atoms with Crippen LogP contribution in [-0.4, -0.2) is 58.9 Å². The summed E-state index contributed by atoms with van der Waals surface area (Å²) in [5, 5.41) is 16.5. The van der Waals surface area contributed by atoms with Crippen LogP contribution in [0.1, 0.15) is 24.3 Å². The van der Waals surface area contributed by atoms with Gasteiger partial charge < -0.3 is 10.0 Å². The molecule has 0 atom stereocenters. The Morgan fingerprint density at radius 2 is 1.95 bits per heavy atom. The van der Waals surface area contributed by atoms with Gasteiger partial charge >= 0.3 is 5.97 Å². The van der Waals surface area contributed by atoms with Crippen LogP contribution in [0.3, 0.4) is 0 Å². The third kappa shape index (κ3) is 3.64. The van der Waals surface area contributed by atoms with E-state index < -0.39 is 5.97 Å². The monoisotopic (exact) mass is 264 g/mol. The number of piperazine rings is 1. The molecule has 0 aromatic carbocycles. The largest absolute Gasteiger partial charge is 0.476 e. The maximum absolute atomic E-state index is 10.7. The summed E-state index contributed by atoms with van der Waals surface area (Å²) < 4.78 is 0. The molecule has 0 bridgehead atoms. The molecule has 1 saturated heterocycles. The minimum Gasteiger partial charge on any atom is -0.476 e. The SMILES string of the molecule is CC(C)CN1CCN(c2ccc(C(=O)O)nn2)CC1. The highest BCUT2D eigenvalue weighted by atomic mass is 16.4. The standard InChI is InChI=1S/C13H20N4O2/c1-10(2)9-16-5-7-17(8-6-16)12-4-3-11(13(18)19)14-15-12/h3-4,10H,5-9H2,1-2H3,(H,18,19). The van der Waals surface area contributed by atoms with Gasteiger partial charge in [-0.25, -0.2) is 4.79 Å². The molecular weight excluding hydrogens is 244 g/mol. The van der Waals surface area contributed by atoms with Gasteiger partial charge in [-0.15, -0.1) is 10.2 Å². The Balaban J connectivity index is 1.92. The molecule has 0 saturated carbocycles. The Labute approximate surface area is 113 Å². The van der Waals surface area contributed by atoms with E-state index in [1.165, 1.54) is 6.07 Å². The molecule has 19 heavy (non-hydrogen) atoms. The first kappa shape index (κ1) is 13.7. The molecule has 0 aliphatic carbocycles. The Morgan fingerprint density at radius 1 is 1.26 bits per heavy atom. The number of hydrogen-bond donors (Lipinski definition) is 1. The van der Waals surface area contributed by atoms with Crippen molar-refractivity contribution in [2.45, 2.75) is 13.8 Å². The van der Waals surface area contributed by atoms with Crippen LogP contribution in [0.4, 0.5) is 5.82 Å². The van der Waals surface area contributed by atoms with E-state index in [4.69, 9.17) is 5.11 Å². The predicted octanol–water partition coefficient (Wildman–Crippen LogP) is 0.953. The maximum atomic E-state index is 10.7. The third-order valence-electron chi connectivity index (χ3n) is 3.19. The lowest BCUT2D eigenvalue weighted by atomic mass is 10.2. The van der Waals surface area contributed by atoms with Gasteiger partial charge in [-0.2, -0.15) is 0 Å². The molecule has 2 rings (SSSR count). The van der Waals surface area contributed by atoms with Crippen molar-refractivity contribution in [3.63, 3.8) is 0 Å². The molecule has 0 spiro atoms. The maximum Gasteiger partial charge on any atom is 0.356 e. The second-order valence-corrected chi connectivity index (χ2v) is 5.26. The lowest BCUT2D eigenvalue weighted by molar-refractivity contribution is 0.0689. The lowest BCUT2D eigenvalue weighted by Crippen LogP contribution is -2.47. The molecule has 1 aromatic heterocycles. The molecule has 1 aliphatic rings. The summed E-state index contributed by atoms with van der Waals surface area (Å²) in [7, 11) is 0. The summed E-state index contributed by atoms with van der Waals surface area (Å²) in [6, 6.07) is 3.24. The summed E-state index contributed by atoms with van der Waals surface area (Å²) in [6.07, 6.45) is 0. The van der Waals surface area contributed by atoms with E-state index in [0.717, 1.165) is 38.5 Å². The van der Waals surface area contributed by atoms with Gasteiger partial charge in [0.1, 0.15) is 0 Å². The van der Waals surface area contributed by atoms with Crippen LogP contribution in [0.25, 0.3) is 0 Å². The van der Waals surface area contributed by atoms with Gasteiger partial charge in [0.25, 0.3) is 0 Å². The molecule has 0 amide bonds. The van der Waals surface area contributed by atoms with Crippen molar-refractivity contribution in [2.75, 3.05) is 37.6 Å². The molecule has 6 nitrogen and oxygen atoms in total. The summed E-state index contributed by atoms with van der Waals surface area (Å²) in [4.78, 5) is 15.3. The molecule has 0 unspecified atom stereocenters. The minimum absolute atomic E-state index is 0.0119. The van der Waals surface area contributed by atoms with Gasteiger partial charge in [0.2, 0.25) is 0 Å². The van der Waals surface area contributed by atoms with Crippen LogP contribution in [0.2, 0.25) is 0 Å². The molecule has 6 heteroatoms. The Kier molecular flexibility index (Phi) is 4.31. The first-order valence-electron chi connectivity index (χ1n) is 6.60. The zero-order chi connectivity index (χ0) is 13.8. The van der Waals surface area contributed by atoms with Gasteiger partial charge in [-0.1, -0.05) is 13.8 Å². The molecule has 1 aromatic rings. The normalized spacial score (nSPS) is 16.9. The van der Waals surface area contributed by atoms with Crippen molar-refractivity contribution in [3.05, 3.63) is 17.8 Å². The number of carbonyl (C=O) groups is 1. The summed E-state index contributed by atoms with van der Waals surface area (Å²) >= 11 is 0. The molecule has 1 aliphatic heterocycles. The number of nitrogens with zero attached hydrogens (tertiary/aromatic N) is 4. The van der Waals surface area contributed by atoms with Crippen LogP contribution in [0, 0.1) is 5.92 Å². The zero-order valence-corrected chi connectivity index (χ0v) is 11.4. The van der Waals surface area contributed by atoms with E-state index in [-0.39, 0.29) is 5.69 Å². The zero-order valence-electron chi connectivity index (χ0n) is 11.4. The molecule has 1 fully saturated rings. The van der Waals surface area contributed by atoms with Gasteiger partial charge in [0.15, 0.2) is 11.5 Å². The van der Waals surface area contributed by atoms with Crippen molar-refractivity contribution >= 4 is 11.8 Å². The number of rotatable bonds is 4. The van der Waals surface area contributed by atoms with Crippen molar-refractivity contribution < 1.29 is 9.90 Å². The smallest absolute Gasteiger partial charge is 0.356 e.